The number of carbonyl (C=O) groups is 2. The summed E-state index contributed by atoms with van der Waals surface area (Å²) in [5.74, 6) is -0.149. The Labute approximate surface area is 149 Å². The van der Waals surface area contributed by atoms with E-state index in [0.717, 1.165) is 10.6 Å². The first kappa shape index (κ1) is 17.0. The number of rotatable bonds is 6. The molecule has 0 unspecified atom stereocenters. The lowest BCUT2D eigenvalue weighted by atomic mass is 10.1. The molecule has 6 heteroatoms. The van der Waals surface area contributed by atoms with E-state index in [0.29, 0.717) is 29.1 Å². The first-order valence-corrected chi connectivity index (χ1v) is 8.72. The largest absolute Gasteiger partial charge is 0.296 e. The van der Waals surface area contributed by atoms with Crippen molar-refractivity contribution in [3.63, 3.8) is 0 Å². The molecule has 3 rings (SSSR count). The predicted molar refractivity (Wildman–Crippen MR) is 98.1 cm³/mol. The maximum absolute atomic E-state index is 12.2. The lowest BCUT2D eigenvalue weighted by molar-refractivity contribution is 0.0981. The number of amides is 1. The van der Waals surface area contributed by atoms with Crippen molar-refractivity contribution in [2.45, 2.75) is 19.8 Å². The van der Waals surface area contributed by atoms with Gasteiger partial charge in [0, 0.05) is 24.0 Å². The second kappa shape index (κ2) is 7.81. The summed E-state index contributed by atoms with van der Waals surface area (Å²) in [6.45, 7) is 1.97. The van der Waals surface area contributed by atoms with E-state index in [2.05, 4.69) is 15.5 Å². The zero-order valence-electron chi connectivity index (χ0n) is 13.7. The number of aromatic nitrogens is 2. The van der Waals surface area contributed by atoms with Crippen LogP contribution in [0.2, 0.25) is 0 Å². The summed E-state index contributed by atoms with van der Waals surface area (Å²) in [6, 6.07) is 16.5. The highest BCUT2D eigenvalue weighted by atomic mass is 32.1. The molecule has 0 fully saturated rings. The average Bonchev–Trinajstić information content (AvgIpc) is 3.08. The van der Waals surface area contributed by atoms with Crippen LogP contribution in [-0.2, 0) is 6.42 Å². The summed E-state index contributed by atoms with van der Waals surface area (Å²) < 4.78 is 0. The molecule has 0 aliphatic heterocycles. The highest BCUT2D eigenvalue weighted by molar-refractivity contribution is 7.15. The Balaban J connectivity index is 1.56. The molecule has 1 N–H and O–H groups in total. The number of aryl methyl sites for hydroxylation is 2. The lowest BCUT2D eigenvalue weighted by Gasteiger charge is -2.01. The smallest absolute Gasteiger partial charge is 0.257 e. The van der Waals surface area contributed by atoms with E-state index >= 15 is 0 Å². The third kappa shape index (κ3) is 4.58. The fourth-order valence-electron chi connectivity index (χ4n) is 2.27. The average molecular weight is 351 g/mol. The highest BCUT2D eigenvalue weighted by Crippen LogP contribution is 2.18. The minimum Gasteiger partial charge on any atom is -0.296 e. The Hall–Kier alpha value is -2.86. The first-order chi connectivity index (χ1) is 12.1. The van der Waals surface area contributed by atoms with Gasteiger partial charge in [-0.25, -0.2) is 0 Å². The summed E-state index contributed by atoms with van der Waals surface area (Å²) in [5, 5.41) is 11.9. The monoisotopic (exact) mass is 351 g/mol. The van der Waals surface area contributed by atoms with Gasteiger partial charge in [-0.3, -0.25) is 14.9 Å². The van der Waals surface area contributed by atoms with Gasteiger partial charge in [0.15, 0.2) is 5.78 Å². The quantitative estimate of drug-likeness (QED) is 0.683. The van der Waals surface area contributed by atoms with E-state index in [-0.39, 0.29) is 11.7 Å². The molecule has 5 nitrogen and oxygen atoms in total. The van der Waals surface area contributed by atoms with Crippen molar-refractivity contribution in [1.29, 1.82) is 0 Å². The molecule has 0 atom stereocenters. The molecular formula is C19H17N3O2S. The number of ketones is 1. The number of nitrogens with zero attached hydrogens (tertiary/aromatic N) is 2. The van der Waals surface area contributed by atoms with Gasteiger partial charge in [0.2, 0.25) is 5.13 Å². The predicted octanol–water partition coefficient (Wildman–Crippen LogP) is 3.91. The van der Waals surface area contributed by atoms with Crippen molar-refractivity contribution < 1.29 is 9.59 Å². The molecule has 2 aromatic carbocycles. The molecule has 0 aliphatic rings. The zero-order chi connectivity index (χ0) is 17.6. The van der Waals surface area contributed by atoms with Crippen molar-refractivity contribution >= 4 is 28.2 Å². The number of hydrogen-bond donors (Lipinski definition) is 1. The molecule has 0 aliphatic carbocycles. The minimum atomic E-state index is -0.219. The van der Waals surface area contributed by atoms with Crippen molar-refractivity contribution in [2.24, 2.45) is 0 Å². The van der Waals surface area contributed by atoms with Crippen LogP contribution in [0.5, 0.6) is 0 Å². The summed E-state index contributed by atoms with van der Waals surface area (Å²) in [6.07, 6.45) is 0.871. The van der Waals surface area contributed by atoms with Crippen LogP contribution in [0, 0.1) is 6.92 Å². The summed E-state index contributed by atoms with van der Waals surface area (Å²) in [5.41, 5.74) is 2.36. The molecule has 3 aromatic rings. The molecule has 25 heavy (non-hydrogen) atoms. The topological polar surface area (TPSA) is 72.0 Å². The number of nitrogens with one attached hydrogen (secondary N) is 1. The molecule has 0 bridgehead atoms. The van der Waals surface area contributed by atoms with E-state index in [9.17, 15) is 9.59 Å². The highest BCUT2D eigenvalue weighted by Gasteiger charge is 2.12. The number of anilines is 1. The third-order valence-corrected chi connectivity index (χ3v) is 4.56. The zero-order valence-corrected chi connectivity index (χ0v) is 14.5. The van der Waals surface area contributed by atoms with E-state index in [1.807, 2.05) is 37.3 Å². The van der Waals surface area contributed by atoms with Gasteiger partial charge in [-0.15, -0.1) is 10.2 Å². The second-order valence-corrected chi connectivity index (χ2v) is 6.67. The van der Waals surface area contributed by atoms with Gasteiger partial charge in [0.05, 0.1) is 0 Å². The van der Waals surface area contributed by atoms with Gasteiger partial charge in [-0.1, -0.05) is 59.4 Å². The molecule has 1 aromatic heterocycles. The Morgan fingerprint density at radius 2 is 1.68 bits per heavy atom. The van der Waals surface area contributed by atoms with Crippen LogP contribution in [-0.4, -0.2) is 21.9 Å². The van der Waals surface area contributed by atoms with Crippen molar-refractivity contribution in [2.75, 3.05) is 5.32 Å². The molecule has 1 heterocycles. The van der Waals surface area contributed by atoms with Gasteiger partial charge >= 0.3 is 0 Å². The number of carbonyl (C=O) groups excluding carboxylic acids is 2. The summed E-state index contributed by atoms with van der Waals surface area (Å²) >= 11 is 1.29. The minimum absolute atomic E-state index is 0.0704. The summed E-state index contributed by atoms with van der Waals surface area (Å²) in [7, 11) is 0. The number of benzene rings is 2. The number of hydrogen-bond acceptors (Lipinski definition) is 5. The maximum atomic E-state index is 12.2. The van der Waals surface area contributed by atoms with Crippen molar-refractivity contribution in [3.05, 3.63) is 76.3 Å². The molecule has 0 saturated carbocycles. The van der Waals surface area contributed by atoms with Crippen LogP contribution in [0.4, 0.5) is 5.13 Å². The Morgan fingerprint density at radius 1 is 0.960 bits per heavy atom. The molecule has 0 radical (unpaired) electrons. The van der Waals surface area contributed by atoms with Crippen LogP contribution in [0.25, 0.3) is 0 Å². The van der Waals surface area contributed by atoms with E-state index < -0.39 is 0 Å². The molecule has 1 amide bonds. The third-order valence-electron chi connectivity index (χ3n) is 3.66. The van der Waals surface area contributed by atoms with Crippen LogP contribution < -0.4 is 5.32 Å². The van der Waals surface area contributed by atoms with Crippen molar-refractivity contribution in [1.82, 2.24) is 10.2 Å². The molecular weight excluding hydrogens is 334 g/mol. The SMILES string of the molecule is Cc1ccc(C(=O)Nc2nnc(CCC(=O)c3ccccc3)s2)cc1. The van der Waals surface area contributed by atoms with Crippen molar-refractivity contribution in [3.8, 4) is 0 Å². The van der Waals surface area contributed by atoms with Gasteiger partial charge in [-0.2, -0.15) is 0 Å². The first-order valence-electron chi connectivity index (χ1n) is 7.90. The molecule has 0 spiro atoms. The van der Waals surface area contributed by atoms with Gasteiger partial charge in [0.25, 0.3) is 5.91 Å². The van der Waals surface area contributed by atoms with E-state index in [1.165, 1.54) is 11.3 Å². The van der Waals surface area contributed by atoms with E-state index in [4.69, 9.17) is 0 Å². The Morgan fingerprint density at radius 3 is 2.40 bits per heavy atom. The Bertz CT molecular complexity index is 873. The molecule has 126 valence electrons. The van der Waals surface area contributed by atoms with Crippen LogP contribution in [0.15, 0.2) is 54.6 Å². The Kier molecular flexibility index (Phi) is 5.30. The maximum Gasteiger partial charge on any atom is 0.257 e. The fourth-order valence-corrected chi connectivity index (χ4v) is 3.00. The van der Waals surface area contributed by atoms with Gasteiger partial charge in [-0.05, 0) is 19.1 Å². The van der Waals surface area contributed by atoms with Gasteiger partial charge in [0.1, 0.15) is 5.01 Å². The fraction of sp³-hybridized carbons (Fsp3) is 0.158. The summed E-state index contributed by atoms with van der Waals surface area (Å²) in [4.78, 5) is 24.3. The normalized spacial score (nSPS) is 10.4. The van der Waals surface area contributed by atoms with Crippen LogP contribution in [0.1, 0.15) is 37.7 Å². The molecule has 0 saturated heterocycles. The van der Waals surface area contributed by atoms with E-state index in [1.54, 1.807) is 24.3 Å². The number of Topliss-reactive ketones (excluding diaryl/α,β-unsaturated/α-hetero) is 1. The van der Waals surface area contributed by atoms with Crippen LogP contribution >= 0.6 is 11.3 Å². The second-order valence-electron chi connectivity index (χ2n) is 5.61. The van der Waals surface area contributed by atoms with Crippen LogP contribution in [0.3, 0.4) is 0 Å². The lowest BCUT2D eigenvalue weighted by Crippen LogP contribution is -2.11. The standard InChI is InChI=1S/C19H17N3O2S/c1-13-7-9-15(10-8-13)18(24)20-19-22-21-17(25-19)12-11-16(23)14-5-3-2-4-6-14/h2-10H,11-12H2,1H3,(H,20,22,24). The van der Waals surface area contributed by atoms with Gasteiger partial charge < -0.3 is 0 Å².